The number of fused-ring (bicyclic) bond motifs is 4. The topological polar surface area (TPSA) is 135 Å². The first-order chi connectivity index (χ1) is 21.0. The van der Waals surface area contributed by atoms with E-state index in [9.17, 15) is 24.3 Å². The number of hydrogen-bond donors (Lipinski definition) is 1. The first-order valence-corrected chi connectivity index (χ1v) is 16.4. The zero-order valence-electron chi connectivity index (χ0n) is 27.7. The Labute approximate surface area is 265 Å². The predicted octanol–water partition coefficient (Wildman–Crippen LogP) is 4.08. The minimum absolute atomic E-state index is 0.0487. The Morgan fingerprint density at radius 1 is 0.978 bits per heavy atom. The molecule has 248 valence electrons. The van der Waals surface area contributed by atoms with E-state index in [4.69, 9.17) is 23.7 Å². The van der Waals surface area contributed by atoms with E-state index < -0.39 is 70.1 Å². The van der Waals surface area contributed by atoms with Crippen molar-refractivity contribution in [1.29, 1.82) is 0 Å². The maximum absolute atomic E-state index is 13.6. The molecule has 2 aliphatic heterocycles. The van der Waals surface area contributed by atoms with Gasteiger partial charge >= 0.3 is 23.9 Å². The molecule has 13 atom stereocenters. The van der Waals surface area contributed by atoms with Crippen LogP contribution >= 0.6 is 0 Å². The summed E-state index contributed by atoms with van der Waals surface area (Å²) in [4.78, 5) is 51.2. The summed E-state index contributed by atoms with van der Waals surface area (Å²) in [7, 11) is 0. The largest absolute Gasteiger partial charge is 0.465 e. The summed E-state index contributed by atoms with van der Waals surface area (Å²) in [6.45, 7) is 15.3. The van der Waals surface area contributed by atoms with Crippen molar-refractivity contribution in [3.63, 3.8) is 0 Å². The van der Waals surface area contributed by atoms with Gasteiger partial charge in [-0.05, 0) is 38.5 Å². The number of carbonyl (C=O) groups is 4. The molecule has 0 aromatic heterocycles. The lowest BCUT2D eigenvalue weighted by Gasteiger charge is -2.70. The fraction of sp³-hybridized carbons (Fsp3) is 0.771. The van der Waals surface area contributed by atoms with Crippen LogP contribution in [0.5, 0.6) is 0 Å². The molecule has 3 saturated carbocycles. The third-order valence-electron chi connectivity index (χ3n) is 13.2. The van der Waals surface area contributed by atoms with Crippen LogP contribution in [0.2, 0.25) is 0 Å². The van der Waals surface area contributed by atoms with Gasteiger partial charge in [0.1, 0.15) is 18.3 Å². The molecule has 0 aromatic carbocycles. The zero-order chi connectivity index (χ0) is 32.9. The third-order valence-corrected chi connectivity index (χ3v) is 13.2. The van der Waals surface area contributed by atoms with Gasteiger partial charge in [0.25, 0.3) is 0 Å². The molecule has 10 nitrogen and oxygen atoms in total. The Morgan fingerprint density at radius 3 is 2.24 bits per heavy atom. The van der Waals surface area contributed by atoms with Crippen molar-refractivity contribution >= 4 is 23.9 Å². The number of aliphatic hydroxyl groups is 1. The van der Waals surface area contributed by atoms with Crippen LogP contribution in [-0.2, 0) is 42.9 Å². The van der Waals surface area contributed by atoms with E-state index in [0.29, 0.717) is 31.4 Å². The second-order valence-corrected chi connectivity index (χ2v) is 15.3. The summed E-state index contributed by atoms with van der Waals surface area (Å²) in [6, 6.07) is 0. The highest BCUT2D eigenvalue weighted by Gasteiger charge is 2.79. The molecule has 6 aliphatic rings. The summed E-state index contributed by atoms with van der Waals surface area (Å²) in [6.07, 6.45) is 2.20. The van der Waals surface area contributed by atoms with Crippen LogP contribution in [-0.4, -0.2) is 72.7 Å². The average molecular weight is 629 g/mol. The Hall–Kier alpha value is -2.72. The Morgan fingerprint density at radius 2 is 1.64 bits per heavy atom. The van der Waals surface area contributed by atoms with Gasteiger partial charge in [0, 0.05) is 59.3 Å². The van der Waals surface area contributed by atoms with Gasteiger partial charge in [0.15, 0.2) is 0 Å². The van der Waals surface area contributed by atoms with Crippen LogP contribution in [0.4, 0.5) is 0 Å². The van der Waals surface area contributed by atoms with Gasteiger partial charge in [-0.25, -0.2) is 4.79 Å². The monoisotopic (exact) mass is 628 g/mol. The molecule has 2 saturated heterocycles. The number of esters is 4. The highest BCUT2D eigenvalue weighted by molar-refractivity contribution is 5.88. The number of carbonyl (C=O) groups excluding carboxylic acids is 4. The van der Waals surface area contributed by atoms with Crippen LogP contribution in [0, 0.1) is 45.3 Å². The van der Waals surface area contributed by atoms with Crippen LogP contribution in [0.1, 0.15) is 81.1 Å². The van der Waals surface area contributed by atoms with Crippen LogP contribution in [0.15, 0.2) is 23.3 Å². The molecule has 4 aliphatic carbocycles. The molecule has 0 spiro atoms. The quantitative estimate of drug-likeness (QED) is 0.205. The molecular formula is C35H48O10. The molecule has 0 amide bonds. The van der Waals surface area contributed by atoms with Gasteiger partial charge < -0.3 is 28.8 Å². The van der Waals surface area contributed by atoms with Crippen molar-refractivity contribution in [3.05, 3.63) is 23.3 Å². The van der Waals surface area contributed by atoms with Gasteiger partial charge in [-0.15, -0.1) is 0 Å². The van der Waals surface area contributed by atoms with E-state index in [0.717, 1.165) is 5.57 Å². The lowest BCUT2D eigenvalue weighted by Crippen LogP contribution is -2.74. The first-order valence-electron chi connectivity index (χ1n) is 16.4. The van der Waals surface area contributed by atoms with Crippen molar-refractivity contribution in [2.45, 2.75) is 112 Å². The molecule has 10 heteroatoms. The molecule has 45 heavy (non-hydrogen) atoms. The Kier molecular flexibility index (Phi) is 7.63. The second kappa shape index (κ2) is 10.7. The number of aliphatic hydroxyl groups excluding tert-OH is 1. The molecule has 0 unspecified atom stereocenters. The van der Waals surface area contributed by atoms with E-state index in [-0.39, 0.29) is 42.7 Å². The van der Waals surface area contributed by atoms with Gasteiger partial charge in [-0.1, -0.05) is 45.4 Å². The van der Waals surface area contributed by atoms with Crippen molar-refractivity contribution in [1.82, 2.24) is 0 Å². The smallest absolute Gasteiger partial charge is 0.333 e. The SMILES string of the molecule is C/C=C(\C)C(=O)O[C@@H]1[C@@H]2OC[C@]3(C)[C@H](O)C[C@H](OC(C)=O)[C@@](C)([C@@H]23)[C@H]2C[C@H](OC(C)=O)[C@]3(C)C(=CC[C@H]3[C@H]3COC(=O)C3)[C@]12C. The van der Waals surface area contributed by atoms with Crippen LogP contribution in [0.25, 0.3) is 0 Å². The standard InChI is InChI=1S/C35H48O10/c1-9-17(2)31(40)45-30-28-29-32(5,16-42-28)24(38)14-26(44-19(4)37)35(29,8)23-13-25(43-18(3)36)33(6)21(20-12-27(39)41-15-20)10-11-22(33)34(23,30)7/h9,11,20-21,23-26,28-30,38H,10,12-16H2,1-8H3/b17-9+/t20-,21+,23+,24-,25+,26+,28-,29+,30-,32-,33+,34+,35+/m1/s1. The van der Waals surface area contributed by atoms with Gasteiger partial charge in [-0.3, -0.25) is 14.4 Å². The van der Waals surface area contributed by atoms with Crippen molar-refractivity contribution < 1.29 is 48.0 Å². The third kappa shape index (κ3) is 4.33. The van der Waals surface area contributed by atoms with Crippen molar-refractivity contribution in [2.24, 2.45) is 45.3 Å². The average Bonchev–Trinajstić information content (AvgIpc) is 3.66. The molecule has 2 heterocycles. The lowest BCUT2D eigenvalue weighted by molar-refractivity contribution is -0.274. The number of cyclic esters (lactones) is 1. The summed E-state index contributed by atoms with van der Waals surface area (Å²) in [5, 5.41) is 11.6. The minimum atomic E-state index is -0.824. The fourth-order valence-corrected chi connectivity index (χ4v) is 11.2. The van der Waals surface area contributed by atoms with Gasteiger partial charge in [0.2, 0.25) is 0 Å². The highest BCUT2D eigenvalue weighted by Crippen LogP contribution is 2.76. The first kappa shape index (κ1) is 32.2. The van der Waals surface area contributed by atoms with E-state index in [2.05, 4.69) is 26.8 Å². The van der Waals surface area contributed by atoms with Crippen molar-refractivity contribution in [3.8, 4) is 0 Å². The lowest BCUT2D eigenvalue weighted by atomic mass is 9.35. The summed E-state index contributed by atoms with van der Waals surface area (Å²) in [5.41, 5.74) is -1.45. The fourth-order valence-electron chi connectivity index (χ4n) is 11.2. The van der Waals surface area contributed by atoms with E-state index in [1.54, 1.807) is 19.9 Å². The van der Waals surface area contributed by atoms with Gasteiger partial charge in [0.05, 0.1) is 31.8 Å². The number of allylic oxidation sites excluding steroid dienone is 2. The zero-order valence-corrected chi connectivity index (χ0v) is 27.7. The molecule has 0 radical (unpaired) electrons. The van der Waals surface area contributed by atoms with E-state index >= 15 is 0 Å². The maximum Gasteiger partial charge on any atom is 0.333 e. The number of ether oxygens (including phenoxy) is 5. The molecule has 6 rings (SSSR count). The van der Waals surface area contributed by atoms with Gasteiger partial charge in [-0.2, -0.15) is 0 Å². The van der Waals surface area contributed by atoms with E-state index in [1.165, 1.54) is 13.8 Å². The van der Waals surface area contributed by atoms with Crippen LogP contribution < -0.4 is 0 Å². The predicted molar refractivity (Wildman–Crippen MR) is 160 cm³/mol. The second-order valence-electron chi connectivity index (χ2n) is 15.3. The molecular weight excluding hydrogens is 580 g/mol. The minimum Gasteiger partial charge on any atom is -0.465 e. The normalized spacial score (nSPS) is 48.4. The van der Waals surface area contributed by atoms with Crippen molar-refractivity contribution in [2.75, 3.05) is 13.2 Å². The molecule has 1 N–H and O–H groups in total. The number of hydrogen-bond acceptors (Lipinski definition) is 10. The molecule has 0 aromatic rings. The Balaban J connectivity index is 1.57. The Bertz CT molecular complexity index is 1370. The molecule has 5 fully saturated rings. The summed E-state index contributed by atoms with van der Waals surface area (Å²) >= 11 is 0. The summed E-state index contributed by atoms with van der Waals surface area (Å²) < 4.78 is 30.9. The summed E-state index contributed by atoms with van der Waals surface area (Å²) in [5.74, 6) is -2.24. The van der Waals surface area contributed by atoms with E-state index in [1.807, 2.05) is 6.92 Å². The maximum atomic E-state index is 13.6. The molecule has 0 bridgehead atoms. The number of rotatable bonds is 5. The highest BCUT2D eigenvalue weighted by atomic mass is 16.6. The van der Waals surface area contributed by atoms with Crippen LogP contribution in [0.3, 0.4) is 0 Å².